The van der Waals surface area contributed by atoms with Gasteiger partial charge >= 0.3 is 0 Å². The van der Waals surface area contributed by atoms with Crippen molar-refractivity contribution in [3.8, 4) is 0 Å². The summed E-state index contributed by atoms with van der Waals surface area (Å²) in [5, 5.41) is 24.4. The van der Waals surface area contributed by atoms with Gasteiger partial charge in [-0.25, -0.2) is 0 Å². The first-order chi connectivity index (χ1) is 12.1. The highest BCUT2D eigenvalue weighted by atomic mass is 16.6. The highest BCUT2D eigenvalue weighted by Gasteiger charge is 2.18. The highest BCUT2D eigenvalue weighted by Crippen LogP contribution is 2.19. The number of benzene rings is 2. The summed E-state index contributed by atoms with van der Waals surface area (Å²) >= 11 is 0. The van der Waals surface area contributed by atoms with Crippen molar-refractivity contribution < 1.29 is 10.0 Å². The standard InChI is InChI=1S/C19H23N3O3/c23-18(12-20-11-16-6-3-4-8-19(16)22(24)25)14-21-10-9-15-5-1-2-7-17(15)13-21/h1-8,18,20,23H,9-14H2. The van der Waals surface area contributed by atoms with Crippen molar-refractivity contribution >= 4 is 5.69 Å². The van der Waals surface area contributed by atoms with Gasteiger partial charge in [-0.2, -0.15) is 0 Å². The van der Waals surface area contributed by atoms with Crippen molar-refractivity contribution in [3.63, 3.8) is 0 Å². The van der Waals surface area contributed by atoms with Crippen LogP contribution in [0.15, 0.2) is 48.5 Å². The third-order valence-electron chi connectivity index (χ3n) is 4.56. The van der Waals surface area contributed by atoms with E-state index in [1.165, 1.54) is 17.2 Å². The number of para-hydroxylation sites is 1. The van der Waals surface area contributed by atoms with Crippen LogP contribution < -0.4 is 5.32 Å². The average Bonchev–Trinajstić information content (AvgIpc) is 2.62. The van der Waals surface area contributed by atoms with Crippen molar-refractivity contribution in [2.45, 2.75) is 25.6 Å². The molecule has 0 bridgehead atoms. The monoisotopic (exact) mass is 341 g/mol. The Balaban J connectivity index is 1.46. The molecule has 1 aliphatic rings. The number of hydrogen-bond donors (Lipinski definition) is 2. The number of aliphatic hydroxyl groups excluding tert-OH is 1. The SMILES string of the molecule is O=[N+]([O-])c1ccccc1CNCC(O)CN1CCc2ccccc2C1. The number of hydrogen-bond acceptors (Lipinski definition) is 5. The molecule has 1 unspecified atom stereocenters. The molecule has 0 aromatic heterocycles. The van der Waals surface area contributed by atoms with Crippen LogP contribution in [0.5, 0.6) is 0 Å². The lowest BCUT2D eigenvalue weighted by Gasteiger charge is -2.30. The van der Waals surface area contributed by atoms with E-state index in [1.807, 2.05) is 6.07 Å². The van der Waals surface area contributed by atoms with Gasteiger partial charge in [-0.3, -0.25) is 15.0 Å². The maximum atomic E-state index is 11.0. The van der Waals surface area contributed by atoms with Gasteiger partial charge in [0, 0.05) is 44.4 Å². The van der Waals surface area contributed by atoms with Gasteiger partial charge in [-0.1, -0.05) is 42.5 Å². The lowest BCUT2D eigenvalue weighted by molar-refractivity contribution is -0.385. The first-order valence-electron chi connectivity index (χ1n) is 8.53. The Morgan fingerprint density at radius 3 is 2.68 bits per heavy atom. The summed E-state index contributed by atoms with van der Waals surface area (Å²) in [4.78, 5) is 12.9. The molecular formula is C19H23N3O3. The Bertz CT molecular complexity index is 735. The number of nitro groups is 1. The number of rotatable bonds is 7. The first-order valence-corrected chi connectivity index (χ1v) is 8.53. The Labute approximate surface area is 147 Å². The molecule has 0 amide bonds. The zero-order chi connectivity index (χ0) is 17.6. The van der Waals surface area contributed by atoms with Crippen LogP contribution in [-0.2, 0) is 19.5 Å². The fourth-order valence-corrected chi connectivity index (χ4v) is 3.28. The Hall–Kier alpha value is -2.28. The number of fused-ring (bicyclic) bond motifs is 1. The Kier molecular flexibility index (Phi) is 5.75. The van der Waals surface area contributed by atoms with E-state index in [1.54, 1.807) is 18.2 Å². The van der Waals surface area contributed by atoms with Crippen LogP contribution in [0.1, 0.15) is 16.7 Å². The molecule has 2 N–H and O–H groups in total. The first kappa shape index (κ1) is 17.5. The van der Waals surface area contributed by atoms with Crippen LogP contribution in [0.4, 0.5) is 5.69 Å². The van der Waals surface area contributed by atoms with Crippen LogP contribution >= 0.6 is 0 Å². The fourth-order valence-electron chi connectivity index (χ4n) is 3.28. The minimum absolute atomic E-state index is 0.108. The van der Waals surface area contributed by atoms with Crippen LogP contribution in [-0.4, -0.2) is 40.7 Å². The molecule has 3 rings (SSSR count). The highest BCUT2D eigenvalue weighted by molar-refractivity contribution is 5.39. The summed E-state index contributed by atoms with van der Waals surface area (Å²) in [6.07, 6.45) is 0.500. The van der Waals surface area contributed by atoms with Gasteiger partial charge in [0.2, 0.25) is 0 Å². The molecule has 0 radical (unpaired) electrons. The molecule has 25 heavy (non-hydrogen) atoms. The number of nitrogens with one attached hydrogen (secondary N) is 1. The topological polar surface area (TPSA) is 78.6 Å². The van der Waals surface area contributed by atoms with E-state index in [0.717, 1.165) is 19.5 Å². The van der Waals surface area contributed by atoms with Crippen molar-refractivity contribution in [1.82, 2.24) is 10.2 Å². The Morgan fingerprint density at radius 1 is 1.16 bits per heavy atom. The molecule has 6 heteroatoms. The summed E-state index contributed by atoms with van der Waals surface area (Å²) in [6.45, 7) is 3.18. The molecule has 1 aliphatic heterocycles. The van der Waals surface area contributed by atoms with E-state index < -0.39 is 6.10 Å². The Morgan fingerprint density at radius 2 is 1.88 bits per heavy atom. The van der Waals surface area contributed by atoms with Crippen molar-refractivity contribution in [2.24, 2.45) is 0 Å². The molecule has 132 valence electrons. The molecule has 0 saturated heterocycles. The van der Waals surface area contributed by atoms with Crippen molar-refractivity contribution in [3.05, 3.63) is 75.3 Å². The minimum Gasteiger partial charge on any atom is -0.390 e. The smallest absolute Gasteiger partial charge is 0.273 e. The summed E-state index contributed by atoms with van der Waals surface area (Å²) in [7, 11) is 0. The predicted octanol–water partition coefficient (Wildman–Crippen LogP) is 2.10. The van der Waals surface area contributed by atoms with Gasteiger partial charge < -0.3 is 10.4 Å². The molecule has 2 aromatic rings. The zero-order valence-electron chi connectivity index (χ0n) is 14.1. The lowest BCUT2D eigenvalue weighted by atomic mass is 10.00. The molecular weight excluding hydrogens is 318 g/mol. The van der Waals surface area contributed by atoms with Gasteiger partial charge in [0.05, 0.1) is 11.0 Å². The van der Waals surface area contributed by atoms with E-state index >= 15 is 0 Å². The largest absolute Gasteiger partial charge is 0.390 e. The van der Waals surface area contributed by atoms with Crippen LogP contribution in [0.25, 0.3) is 0 Å². The van der Waals surface area contributed by atoms with E-state index in [9.17, 15) is 15.2 Å². The average molecular weight is 341 g/mol. The van der Waals surface area contributed by atoms with E-state index in [0.29, 0.717) is 25.2 Å². The molecule has 6 nitrogen and oxygen atoms in total. The van der Waals surface area contributed by atoms with Gasteiger partial charge in [-0.15, -0.1) is 0 Å². The van der Waals surface area contributed by atoms with Gasteiger partial charge in [0.25, 0.3) is 5.69 Å². The number of aliphatic hydroxyl groups is 1. The van der Waals surface area contributed by atoms with Crippen LogP contribution in [0.2, 0.25) is 0 Å². The zero-order valence-corrected chi connectivity index (χ0v) is 14.1. The molecule has 0 spiro atoms. The second-order valence-electron chi connectivity index (χ2n) is 6.42. The summed E-state index contributed by atoms with van der Waals surface area (Å²) in [6, 6.07) is 15.1. The number of nitro benzene ring substituents is 1. The molecule has 1 heterocycles. The maximum Gasteiger partial charge on any atom is 0.273 e. The summed E-state index contributed by atoms with van der Waals surface area (Å²) < 4.78 is 0. The van der Waals surface area contributed by atoms with Gasteiger partial charge in [0.15, 0.2) is 0 Å². The van der Waals surface area contributed by atoms with E-state index in [2.05, 4.69) is 28.4 Å². The van der Waals surface area contributed by atoms with Crippen LogP contribution in [0, 0.1) is 10.1 Å². The predicted molar refractivity (Wildman–Crippen MR) is 96.2 cm³/mol. The fraction of sp³-hybridized carbons (Fsp3) is 0.368. The molecule has 0 fully saturated rings. The van der Waals surface area contributed by atoms with Crippen molar-refractivity contribution in [1.29, 1.82) is 0 Å². The molecule has 1 atom stereocenters. The number of nitrogens with zero attached hydrogens (tertiary/aromatic N) is 2. The summed E-state index contributed by atoms with van der Waals surface area (Å²) in [5.41, 5.74) is 3.46. The van der Waals surface area contributed by atoms with Gasteiger partial charge in [0.1, 0.15) is 0 Å². The van der Waals surface area contributed by atoms with Gasteiger partial charge in [-0.05, 0) is 17.5 Å². The molecule has 0 aliphatic carbocycles. The third kappa shape index (κ3) is 4.63. The summed E-state index contributed by atoms with van der Waals surface area (Å²) in [5.74, 6) is 0. The lowest BCUT2D eigenvalue weighted by Crippen LogP contribution is -2.40. The van der Waals surface area contributed by atoms with E-state index in [4.69, 9.17) is 0 Å². The quantitative estimate of drug-likeness (QED) is 0.596. The maximum absolute atomic E-state index is 11.0. The normalized spacial score (nSPS) is 15.6. The van der Waals surface area contributed by atoms with E-state index in [-0.39, 0.29) is 10.6 Å². The second-order valence-corrected chi connectivity index (χ2v) is 6.42. The van der Waals surface area contributed by atoms with Crippen molar-refractivity contribution in [2.75, 3.05) is 19.6 Å². The molecule has 0 saturated carbocycles. The third-order valence-corrected chi connectivity index (χ3v) is 4.56. The van der Waals surface area contributed by atoms with Crippen LogP contribution in [0.3, 0.4) is 0 Å². The molecule has 2 aromatic carbocycles. The minimum atomic E-state index is -0.506. The second kappa shape index (κ2) is 8.20. The number of β-amino-alcohol motifs (C(OH)–C–C–N with tert-alkyl or cyclic N) is 1.